The zero-order valence-corrected chi connectivity index (χ0v) is 13.7. The smallest absolute Gasteiger partial charge is 0.252 e. The van der Waals surface area contributed by atoms with Gasteiger partial charge < -0.3 is 5.32 Å². The summed E-state index contributed by atoms with van der Waals surface area (Å²) in [4.78, 5) is 12.5. The van der Waals surface area contributed by atoms with Crippen molar-refractivity contribution < 1.29 is 4.79 Å². The second-order valence-electron chi connectivity index (χ2n) is 6.91. The number of amides is 1. The number of hydrogen-bond donors (Lipinski definition) is 1. The van der Waals surface area contributed by atoms with E-state index in [0.717, 1.165) is 32.8 Å². The van der Waals surface area contributed by atoms with Crippen LogP contribution in [-0.4, -0.2) is 11.9 Å². The first-order valence-electron chi connectivity index (χ1n) is 7.76. The second kappa shape index (κ2) is 5.00. The summed E-state index contributed by atoms with van der Waals surface area (Å²) in [6.45, 7) is 0. The fraction of sp³-hybridized carbons (Fsp3) is 0.588. The topological polar surface area (TPSA) is 29.1 Å². The minimum absolute atomic E-state index is 0.132. The van der Waals surface area contributed by atoms with E-state index in [9.17, 15) is 4.79 Å². The van der Waals surface area contributed by atoms with E-state index >= 15 is 0 Å². The summed E-state index contributed by atoms with van der Waals surface area (Å²) in [6, 6.07) is 8.32. The Labute approximate surface area is 133 Å². The first-order valence-corrected chi connectivity index (χ1v) is 8.84. The van der Waals surface area contributed by atoms with Gasteiger partial charge in [-0.3, -0.25) is 4.79 Å². The van der Waals surface area contributed by atoms with Crippen LogP contribution in [0.15, 0.2) is 24.3 Å². The summed E-state index contributed by atoms with van der Waals surface area (Å²) in [6.07, 6.45) is 6.87. The summed E-state index contributed by atoms with van der Waals surface area (Å²) < 4.78 is 1.05. The molecule has 3 heteroatoms. The van der Waals surface area contributed by atoms with E-state index in [0.29, 0.717) is 6.04 Å². The number of carbonyl (C=O) groups is 1. The highest BCUT2D eigenvalue weighted by Crippen LogP contribution is 2.53. The van der Waals surface area contributed by atoms with Crippen molar-refractivity contribution in [3.63, 3.8) is 0 Å². The third-order valence-corrected chi connectivity index (χ3v) is 6.58. The zero-order chi connectivity index (χ0) is 13.7. The minimum atomic E-state index is 0.132. The highest BCUT2D eigenvalue weighted by atomic mass is 127. The van der Waals surface area contributed by atoms with Gasteiger partial charge in [-0.05, 0) is 90.5 Å². The van der Waals surface area contributed by atoms with Crippen LogP contribution in [-0.2, 0) is 0 Å². The zero-order valence-electron chi connectivity index (χ0n) is 11.5. The Bertz CT molecular complexity index is 514. The third kappa shape index (κ3) is 2.18. The SMILES string of the molecule is O=C(NC1C2CC3CC(C2)CC1C3)c1ccccc1I. The Hall–Kier alpha value is -0.580. The van der Waals surface area contributed by atoms with Gasteiger partial charge in [-0.1, -0.05) is 12.1 Å². The molecule has 4 saturated carbocycles. The van der Waals surface area contributed by atoms with Gasteiger partial charge in [-0.2, -0.15) is 0 Å². The summed E-state index contributed by atoms with van der Waals surface area (Å²) in [5.41, 5.74) is 0.835. The minimum Gasteiger partial charge on any atom is -0.349 e. The molecule has 0 unspecified atom stereocenters. The standard InChI is InChI=1S/C17H20INO/c18-15-4-2-1-3-14(15)17(20)19-16-12-6-10-5-11(8-12)9-13(16)7-10/h1-4,10-13,16H,5-9H2,(H,19,20). The molecule has 106 valence electrons. The third-order valence-electron chi connectivity index (χ3n) is 5.64. The monoisotopic (exact) mass is 381 g/mol. The molecular weight excluding hydrogens is 361 g/mol. The molecular formula is C17H20INO. The number of carbonyl (C=O) groups excluding carboxylic acids is 1. The van der Waals surface area contributed by atoms with E-state index in [1.54, 1.807) is 0 Å². The molecule has 0 spiro atoms. The Kier molecular flexibility index (Phi) is 3.28. The van der Waals surface area contributed by atoms with Crippen molar-refractivity contribution in [1.82, 2.24) is 5.32 Å². The maximum absolute atomic E-state index is 12.5. The summed E-state index contributed by atoms with van der Waals surface area (Å²) in [7, 11) is 0. The average molecular weight is 381 g/mol. The molecule has 5 rings (SSSR count). The van der Waals surface area contributed by atoms with Crippen molar-refractivity contribution in [1.29, 1.82) is 0 Å². The Morgan fingerprint density at radius 1 is 1.00 bits per heavy atom. The van der Waals surface area contributed by atoms with Crippen LogP contribution in [0.2, 0.25) is 0 Å². The molecule has 0 radical (unpaired) electrons. The Morgan fingerprint density at radius 3 is 2.20 bits per heavy atom. The van der Waals surface area contributed by atoms with Gasteiger partial charge in [0.1, 0.15) is 0 Å². The molecule has 4 fully saturated rings. The first kappa shape index (κ1) is 13.1. The molecule has 0 saturated heterocycles. The van der Waals surface area contributed by atoms with Crippen molar-refractivity contribution >= 4 is 28.5 Å². The number of nitrogens with one attached hydrogen (secondary N) is 1. The van der Waals surface area contributed by atoms with E-state index in [1.807, 2.05) is 24.3 Å². The Balaban J connectivity index is 1.52. The van der Waals surface area contributed by atoms with Crippen LogP contribution in [0, 0.1) is 27.2 Å². The van der Waals surface area contributed by atoms with Crippen LogP contribution in [0.1, 0.15) is 42.5 Å². The van der Waals surface area contributed by atoms with Gasteiger partial charge in [0.05, 0.1) is 5.56 Å². The molecule has 0 atom stereocenters. The predicted molar refractivity (Wildman–Crippen MR) is 87.5 cm³/mol. The van der Waals surface area contributed by atoms with Gasteiger partial charge in [-0.25, -0.2) is 0 Å². The number of hydrogen-bond acceptors (Lipinski definition) is 1. The van der Waals surface area contributed by atoms with Crippen molar-refractivity contribution in [2.45, 2.75) is 38.1 Å². The van der Waals surface area contributed by atoms with Gasteiger partial charge in [0.25, 0.3) is 5.91 Å². The van der Waals surface area contributed by atoms with Gasteiger partial charge in [-0.15, -0.1) is 0 Å². The molecule has 0 aliphatic heterocycles. The van der Waals surface area contributed by atoms with E-state index in [-0.39, 0.29) is 5.91 Å². The number of benzene rings is 1. The summed E-state index contributed by atoms with van der Waals surface area (Å²) in [5.74, 6) is 3.55. The molecule has 0 heterocycles. The summed E-state index contributed by atoms with van der Waals surface area (Å²) >= 11 is 2.25. The number of halogens is 1. The fourth-order valence-corrected chi connectivity index (χ4v) is 5.67. The largest absolute Gasteiger partial charge is 0.349 e. The van der Waals surface area contributed by atoms with Crippen LogP contribution >= 0.6 is 22.6 Å². The molecule has 1 aromatic carbocycles. The van der Waals surface area contributed by atoms with E-state index in [1.165, 1.54) is 32.1 Å². The molecule has 1 N–H and O–H groups in total. The lowest BCUT2D eigenvalue weighted by Gasteiger charge is -2.54. The van der Waals surface area contributed by atoms with Crippen molar-refractivity contribution in [3.8, 4) is 0 Å². The molecule has 4 bridgehead atoms. The molecule has 2 nitrogen and oxygen atoms in total. The average Bonchev–Trinajstić information content (AvgIpc) is 2.42. The maximum atomic E-state index is 12.5. The molecule has 4 aliphatic rings. The van der Waals surface area contributed by atoms with Crippen molar-refractivity contribution in [2.24, 2.45) is 23.7 Å². The highest BCUT2D eigenvalue weighted by molar-refractivity contribution is 14.1. The quantitative estimate of drug-likeness (QED) is 0.775. The van der Waals surface area contributed by atoms with Gasteiger partial charge in [0, 0.05) is 9.61 Å². The summed E-state index contributed by atoms with van der Waals surface area (Å²) in [5, 5.41) is 3.38. The van der Waals surface area contributed by atoms with E-state index in [4.69, 9.17) is 0 Å². The van der Waals surface area contributed by atoms with Crippen LogP contribution in [0.5, 0.6) is 0 Å². The Morgan fingerprint density at radius 2 is 1.60 bits per heavy atom. The van der Waals surface area contributed by atoms with Gasteiger partial charge in [0.2, 0.25) is 0 Å². The molecule has 1 amide bonds. The maximum Gasteiger partial charge on any atom is 0.252 e. The molecule has 0 aromatic heterocycles. The second-order valence-corrected chi connectivity index (χ2v) is 8.07. The van der Waals surface area contributed by atoms with Crippen LogP contribution < -0.4 is 5.32 Å². The van der Waals surface area contributed by atoms with Crippen molar-refractivity contribution in [3.05, 3.63) is 33.4 Å². The highest BCUT2D eigenvalue weighted by Gasteiger charge is 2.48. The molecule has 1 aromatic rings. The molecule has 4 aliphatic carbocycles. The molecule has 20 heavy (non-hydrogen) atoms. The van der Waals surface area contributed by atoms with Crippen LogP contribution in [0.25, 0.3) is 0 Å². The van der Waals surface area contributed by atoms with Gasteiger partial charge in [0.15, 0.2) is 0 Å². The van der Waals surface area contributed by atoms with E-state index < -0.39 is 0 Å². The van der Waals surface area contributed by atoms with E-state index in [2.05, 4.69) is 27.9 Å². The van der Waals surface area contributed by atoms with Crippen molar-refractivity contribution in [2.75, 3.05) is 0 Å². The van der Waals surface area contributed by atoms with Crippen LogP contribution in [0.4, 0.5) is 0 Å². The van der Waals surface area contributed by atoms with Gasteiger partial charge >= 0.3 is 0 Å². The fourth-order valence-electron chi connectivity index (χ4n) is 5.04. The first-order chi connectivity index (χ1) is 9.70. The predicted octanol–water partition coefficient (Wildman–Crippen LogP) is 3.85. The normalized spacial score (nSPS) is 38.0. The lowest BCUT2D eigenvalue weighted by Crippen LogP contribution is -2.55. The van der Waals surface area contributed by atoms with Crippen LogP contribution in [0.3, 0.4) is 0 Å². The lowest BCUT2D eigenvalue weighted by atomic mass is 9.54. The lowest BCUT2D eigenvalue weighted by molar-refractivity contribution is -0.0119. The number of rotatable bonds is 2.